The maximum atomic E-state index is 12.0. The SMILES string of the molecule is C=C(C)CN(CC)C(=O)NC(CCC)CC(=O)O. The first kappa shape index (κ1) is 16.5. The number of nitrogens with zero attached hydrogens (tertiary/aromatic N) is 1. The van der Waals surface area contributed by atoms with Crippen LogP contribution in [0.25, 0.3) is 0 Å². The lowest BCUT2D eigenvalue weighted by Crippen LogP contribution is -2.46. The Kier molecular flexibility index (Phi) is 7.83. The van der Waals surface area contributed by atoms with Crippen molar-refractivity contribution in [2.24, 2.45) is 0 Å². The molecule has 0 aliphatic heterocycles. The summed E-state index contributed by atoms with van der Waals surface area (Å²) in [6, 6.07) is -0.528. The molecule has 0 aromatic rings. The van der Waals surface area contributed by atoms with Crippen molar-refractivity contribution in [1.82, 2.24) is 10.2 Å². The molecule has 0 aromatic heterocycles. The fraction of sp³-hybridized carbons (Fsp3) is 0.692. The highest BCUT2D eigenvalue weighted by atomic mass is 16.4. The molecule has 0 aliphatic rings. The first-order chi connectivity index (χ1) is 8.40. The zero-order chi connectivity index (χ0) is 14.1. The van der Waals surface area contributed by atoms with Gasteiger partial charge in [0.25, 0.3) is 0 Å². The molecule has 0 fully saturated rings. The van der Waals surface area contributed by atoms with Crippen molar-refractivity contribution < 1.29 is 14.7 Å². The molecule has 1 unspecified atom stereocenters. The highest BCUT2D eigenvalue weighted by Gasteiger charge is 2.18. The quantitative estimate of drug-likeness (QED) is 0.654. The minimum atomic E-state index is -0.892. The predicted octanol–water partition coefficient (Wildman–Crippen LogP) is 2.24. The molecule has 2 amide bonds. The fourth-order valence-corrected chi connectivity index (χ4v) is 1.70. The van der Waals surface area contributed by atoms with Crippen molar-refractivity contribution in [1.29, 1.82) is 0 Å². The minimum absolute atomic E-state index is 0.0375. The van der Waals surface area contributed by atoms with Crippen LogP contribution in [-0.2, 0) is 4.79 Å². The Balaban J connectivity index is 4.45. The number of carboxylic acid groups (broad SMARTS) is 1. The summed E-state index contributed by atoms with van der Waals surface area (Å²) in [5, 5.41) is 11.6. The van der Waals surface area contributed by atoms with E-state index in [1.165, 1.54) is 0 Å². The third-order valence-electron chi connectivity index (χ3n) is 2.52. The molecule has 5 heteroatoms. The third-order valence-corrected chi connectivity index (χ3v) is 2.52. The van der Waals surface area contributed by atoms with E-state index < -0.39 is 5.97 Å². The second-order valence-electron chi connectivity index (χ2n) is 4.50. The lowest BCUT2D eigenvalue weighted by Gasteiger charge is -2.25. The lowest BCUT2D eigenvalue weighted by atomic mass is 10.1. The number of likely N-dealkylation sites (N-methyl/N-ethyl adjacent to an activating group) is 1. The smallest absolute Gasteiger partial charge is 0.317 e. The van der Waals surface area contributed by atoms with Crippen LogP contribution >= 0.6 is 0 Å². The standard InChI is InChI=1S/C13H24N2O3/c1-5-7-11(8-12(16)17)14-13(18)15(6-2)9-10(3)4/h11H,3,5-9H2,1-2,4H3,(H,14,18)(H,16,17). The van der Waals surface area contributed by atoms with Gasteiger partial charge in [0.2, 0.25) is 0 Å². The number of rotatable bonds is 8. The van der Waals surface area contributed by atoms with Crippen molar-refractivity contribution in [2.45, 2.75) is 46.1 Å². The van der Waals surface area contributed by atoms with E-state index in [1.807, 2.05) is 20.8 Å². The molecule has 0 bridgehead atoms. The number of carbonyl (C=O) groups is 2. The average molecular weight is 256 g/mol. The normalized spacial score (nSPS) is 11.7. The lowest BCUT2D eigenvalue weighted by molar-refractivity contribution is -0.137. The van der Waals surface area contributed by atoms with Crippen molar-refractivity contribution in [3.05, 3.63) is 12.2 Å². The van der Waals surface area contributed by atoms with Gasteiger partial charge in [-0.25, -0.2) is 4.79 Å². The number of hydrogen-bond acceptors (Lipinski definition) is 2. The Morgan fingerprint density at radius 1 is 1.39 bits per heavy atom. The van der Waals surface area contributed by atoms with Gasteiger partial charge in [-0.1, -0.05) is 25.5 Å². The number of aliphatic carboxylic acids is 1. The van der Waals surface area contributed by atoms with E-state index in [4.69, 9.17) is 5.11 Å². The van der Waals surface area contributed by atoms with Gasteiger partial charge in [-0.05, 0) is 20.3 Å². The molecule has 0 rings (SSSR count). The summed E-state index contributed by atoms with van der Waals surface area (Å²) in [7, 11) is 0. The van der Waals surface area contributed by atoms with Gasteiger partial charge in [0, 0.05) is 19.1 Å². The van der Waals surface area contributed by atoms with Gasteiger partial charge in [0.05, 0.1) is 6.42 Å². The van der Waals surface area contributed by atoms with Crippen molar-refractivity contribution >= 4 is 12.0 Å². The van der Waals surface area contributed by atoms with Crippen LogP contribution in [0.1, 0.15) is 40.0 Å². The van der Waals surface area contributed by atoms with E-state index in [9.17, 15) is 9.59 Å². The topological polar surface area (TPSA) is 69.6 Å². The van der Waals surface area contributed by atoms with E-state index in [-0.39, 0.29) is 18.5 Å². The molecule has 0 aromatic carbocycles. The van der Waals surface area contributed by atoms with Gasteiger partial charge in [-0.3, -0.25) is 4.79 Å². The Hall–Kier alpha value is -1.52. The number of urea groups is 1. The van der Waals surface area contributed by atoms with Crippen LogP contribution in [-0.4, -0.2) is 41.1 Å². The second kappa shape index (κ2) is 8.55. The molecule has 5 nitrogen and oxygen atoms in total. The molecule has 18 heavy (non-hydrogen) atoms. The average Bonchev–Trinajstić information content (AvgIpc) is 2.24. The fourth-order valence-electron chi connectivity index (χ4n) is 1.70. The van der Waals surface area contributed by atoms with Gasteiger partial charge in [0.15, 0.2) is 0 Å². The molecular formula is C13H24N2O3. The Labute approximate surface area is 109 Å². The summed E-state index contributed by atoms with van der Waals surface area (Å²) in [6.07, 6.45) is 1.47. The van der Waals surface area contributed by atoms with Crippen molar-refractivity contribution in [3.8, 4) is 0 Å². The van der Waals surface area contributed by atoms with E-state index in [0.29, 0.717) is 19.5 Å². The van der Waals surface area contributed by atoms with Crippen LogP contribution in [0.4, 0.5) is 4.79 Å². The summed E-state index contributed by atoms with van der Waals surface area (Å²) in [6.45, 7) is 10.5. The zero-order valence-corrected chi connectivity index (χ0v) is 11.5. The summed E-state index contributed by atoms with van der Waals surface area (Å²) < 4.78 is 0. The Bertz CT molecular complexity index is 303. The second-order valence-corrected chi connectivity index (χ2v) is 4.50. The molecule has 0 radical (unpaired) electrons. The van der Waals surface area contributed by atoms with Crippen LogP contribution in [0.15, 0.2) is 12.2 Å². The number of amides is 2. The first-order valence-electron chi connectivity index (χ1n) is 6.32. The molecule has 1 atom stereocenters. The number of carbonyl (C=O) groups excluding carboxylic acids is 1. The van der Waals surface area contributed by atoms with Gasteiger partial charge in [0.1, 0.15) is 0 Å². The Morgan fingerprint density at radius 2 is 2.00 bits per heavy atom. The van der Waals surface area contributed by atoms with E-state index >= 15 is 0 Å². The molecule has 104 valence electrons. The zero-order valence-electron chi connectivity index (χ0n) is 11.5. The molecule has 0 heterocycles. The first-order valence-corrected chi connectivity index (χ1v) is 6.32. The van der Waals surface area contributed by atoms with Crippen molar-refractivity contribution in [3.63, 3.8) is 0 Å². The van der Waals surface area contributed by atoms with Crippen LogP contribution in [0.2, 0.25) is 0 Å². The van der Waals surface area contributed by atoms with Crippen LogP contribution in [0.3, 0.4) is 0 Å². The molecule has 0 spiro atoms. The van der Waals surface area contributed by atoms with E-state index in [1.54, 1.807) is 4.90 Å². The molecule has 0 saturated carbocycles. The molecule has 0 aliphatic carbocycles. The maximum Gasteiger partial charge on any atom is 0.317 e. The van der Waals surface area contributed by atoms with Crippen molar-refractivity contribution in [2.75, 3.05) is 13.1 Å². The van der Waals surface area contributed by atoms with Gasteiger partial charge in [-0.15, -0.1) is 0 Å². The largest absolute Gasteiger partial charge is 0.481 e. The molecule has 0 saturated heterocycles. The van der Waals surface area contributed by atoms with Gasteiger partial charge >= 0.3 is 12.0 Å². The molecule has 2 N–H and O–H groups in total. The van der Waals surface area contributed by atoms with Gasteiger partial charge in [-0.2, -0.15) is 0 Å². The highest BCUT2D eigenvalue weighted by Crippen LogP contribution is 2.04. The summed E-state index contributed by atoms with van der Waals surface area (Å²) in [5.41, 5.74) is 0.900. The molecular weight excluding hydrogens is 232 g/mol. The third kappa shape index (κ3) is 6.93. The van der Waals surface area contributed by atoms with E-state index in [0.717, 1.165) is 12.0 Å². The monoisotopic (exact) mass is 256 g/mol. The number of carboxylic acids is 1. The summed E-state index contributed by atoms with van der Waals surface area (Å²) in [4.78, 5) is 24.3. The van der Waals surface area contributed by atoms with Crippen LogP contribution in [0.5, 0.6) is 0 Å². The predicted molar refractivity (Wildman–Crippen MR) is 71.5 cm³/mol. The van der Waals surface area contributed by atoms with Crippen LogP contribution < -0.4 is 5.32 Å². The maximum absolute atomic E-state index is 12.0. The van der Waals surface area contributed by atoms with Gasteiger partial charge < -0.3 is 15.3 Å². The number of hydrogen-bond donors (Lipinski definition) is 2. The van der Waals surface area contributed by atoms with Crippen LogP contribution in [0, 0.1) is 0 Å². The number of nitrogens with one attached hydrogen (secondary N) is 1. The summed E-state index contributed by atoms with van der Waals surface area (Å²) >= 11 is 0. The summed E-state index contributed by atoms with van der Waals surface area (Å²) in [5.74, 6) is -0.892. The van der Waals surface area contributed by atoms with E-state index in [2.05, 4.69) is 11.9 Å². The minimum Gasteiger partial charge on any atom is -0.481 e. The highest BCUT2D eigenvalue weighted by molar-refractivity contribution is 5.76. The Morgan fingerprint density at radius 3 is 2.39 bits per heavy atom.